The molecule has 2 aliphatic rings. The number of carbonyl (C=O) groups excluding carboxylic acids is 3. The van der Waals surface area contributed by atoms with Gasteiger partial charge in [-0.3, -0.25) is 9.69 Å². The molecule has 0 unspecified atom stereocenters. The molecule has 1 aromatic carbocycles. The first-order chi connectivity index (χ1) is 13.3. The third-order valence-electron chi connectivity index (χ3n) is 5.17. The molecule has 3 heterocycles. The van der Waals surface area contributed by atoms with Gasteiger partial charge in [-0.15, -0.1) is 0 Å². The van der Waals surface area contributed by atoms with Crippen molar-refractivity contribution in [3.63, 3.8) is 0 Å². The van der Waals surface area contributed by atoms with Gasteiger partial charge in [0, 0.05) is 24.5 Å². The highest BCUT2D eigenvalue weighted by atomic mass is 35.5. The summed E-state index contributed by atoms with van der Waals surface area (Å²) in [5.41, 5.74) is 0.677. The van der Waals surface area contributed by atoms with Crippen molar-refractivity contribution in [2.24, 2.45) is 0 Å². The molecule has 2 fully saturated rings. The molecule has 5 amide bonds. The highest BCUT2D eigenvalue weighted by Gasteiger charge is 2.52. The SMILES string of the molecule is C[C@H](NC(=O)CN1C(=O)N[C@@H]2[C@H]1N(C)C(=O)N2C)c1cc2cc(Cl)ccc2o1. The fraction of sp³-hybridized carbons (Fsp3) is 0.389. The molecule has 10 heteroatoms. The highest BCUT2D eigenvalue weighted by molar-refractivity contribution is 6.31. The van der Waals surface area contributed by atoms with E-state index in [0.29, 0.717) is 16.4 Å². The smallest absolute Gasteiger partial charge is 0.323 e. The lowest BCUT2D eigenvalue weighted by molar-refractivity contribution is -0.123. The van der Waals surface area contributed by atoms with Crippen molar-refractivity contribution in [1.29, 1.82) is 0 Å². The lowest BCUT2D eigenvalue weighted by Crippen LogP contribution is -2.48. The zero-order valence-corrected chi connectivity index (χ0v) is 16.4. The van der Waals surface area contributed by atoms with Crippen LogP contribution in [0, 0.1) is 0 Å². The topological polar surface area (TPSA) is 98.1 Å². The van der Waals surface area contributed by atoms with E-state index in [-0.39, 0.29) is 24.5 Å². The van der Waals surface area contributed by atoms with Crippen LogP contribution in [0.3, 0.4) is 0 Å². The van der Waals surface area contributed by atoms with Crippen LogP contribution in [0.25, 0.3) is 11.0 Å². The molecule has 9 nitrogen and oxygen atoms in total. The molecule has 0 spiro atoms. The van der Waals surface area contributed by atoms with Crippen LogP contribution in [-0.2, 0) is 4.79 Å². The number of furan rings is 1. The Kier molecular flexibility index (Phi) is 4.34. The minimum atomic E-state index is -0.528. The van der Waals surface area contributed by atoms with Crippen LogP contribution in [0.5, 0.6) is 0 Å². The van der Waals surface area contributed by atoms with Gasteiger partial charge in [0.15, 0.2) is 0 Å². The minimum Gasteiger partial charge on any atom is -0.459 e. The van der Waals surface area contributed by atoms with Gasteiger partial charge in [-0.05, 0) is 31.2 Å². The fourth-order valence-electron chi connectivity index (χ4n) is 3.70. The number of rotatable bonds is 4. The summed E-state index contributed by atoms with van der Waals surface area (Å²) in [6, 6.07) is 6.12. The summed E-state index contributed by atoms with van der Waals surface area (Å²) in [6.45, 7) is 1.62. The van der Waals surface area contributed by atoms with Crippen molar-refractivity contribution in [3.05, 3.63) is 35.0 Å². The van der Waals surface area contributed by atoms with Gasteiger partial charge >= 0.3 is 12.1 Å². The summed E-state index contributed by atoms with van der Waals surface area (Å²) in [4.78, 5) is 41.1. The van der Waals surface area contributed by atoms with E-state index in [1.54, 1.807) is 39.2 Å². The maximum absolute atomic E-state index is 12.5. The second-order valence-corrected chi connectivity index (χ2v) is 7.50. The molecule has 148 valence electrons. The molecule has 3 atom stereocenters. The first-order valence-corrected chi connectivity index (χ1v) is 9.19. The van der Waals surface area contributed by atoms with Crippen molar-refractivity contribution < 1.29 is 18.8 Å². The van der Waals surface area contributed by atoms with E-state index >= 15 is 0 Å². The second-order valence-electron chi connectivity index (χ2n) is 7.06. The molecule has 2 N–H and O–H groups in total. The molecule has 0 radical (unpaired) electrons. The van der Waals surface area contributed by atoms with E-state index in [1.807, 2.05) is 6.07 Å². The van der Waals surface area contributed by atoms with Gasteiger partial charge in [0.1, 0.15) is 30.2 Å². The Morgan fingerprint density at radius 1 is 1.29 bits per heavy atom. The van der Waals surface area contributed by atoms with Gasteiger partial charge in [-0.25, -0.2) is 9.59 Å². The molecular formula is C18H20ClN5O4. The number of hydrogen-bond donors (Lipinski definition) is 2. The Balaban J connectivity index is 1.44. The third-order valence-corrected chi connectivity index (χ3v) is 5.40. The van der Waals surface area contributed by atoms with Crippen LogP contribution < -0.4 is 10.6 Å². The molecule has 2 aliphatic heterocycles. The quantitative estimate of drug-likeness (QED) is 0.812. The number of nitrogens with one attached hydrogen (secondary N) is 2. The summed E-state index contributed by atoms with van der Waals surface area (Å²) < 4.78 is 5.77. The molecule has 1 aromatic heterocycles. The van der Waals surface area contributed by atoms with Gasteiger partial charge in [-0.1, -0.05) is 11.6 Å². The number of hydrogen-bond acceptors (Lipinski definition) is 4. The summed E-state index contributed by atoms with van der Waals surface area (Å²) in [5, 5.41) is 7.01. The molecule has 0 bridgehead atoms. The van der Waals surface area contributed by atoms with Gasteiger partial charge < -0.3 is 24.9 Å². The van der Waals surface area contributed by atoms with Gasteiger partial charge in [0.05, 0.1) is 6.04 Å². The number of carbonyl (C=O) groups is 3. The van der Waals surface area contributed by atoms with Crippen molar-refractivity contribution >= 4 is 40.5 Å². The zero-order chi connectivity index (χ0) is 20.2. The summed E-state index contributed by atoms with van der Waals surface area (Å²) >= 11 is 5.99. The van der Waals surface area contributed by atoms with Crippen LogP contribution in [0.2, 0.25) is 5.02 Å². The average Bonchev–Trinajstić information content (AvgIpc) is 3.26. The number of nitrogens with zero attached hydrogens (tertiary/aromatic N) is 3. The summed E-state index contributed by atoms with van der Waals surface area (Å²) in [5.74, 6) is 0.236. The molecule has 4 rings (SSSR count). The van der Waals surface area contributed by atoms with Crippen LogP contribution in [0.1, 0.15) is 18.7 Å². The Hall–Kier alpha value is -2.94. The number of halogens is 1. The number of likely N-dealkylation sites (N-methyl/N-ethyl adjacent to an activating group) is 2. The largest absolute Gasteiger partial charge is 0.459 e. The van der Waals surface area contributed by atoms with E-state index in [0.717, 1.165) is 5.39 Å². The lowest BCUT2D eigenvalue weighted by Gasteiger charge is -2.26. The average molecular weight is 406 g/mol. The first-order valence-electron chi connectivity index (χ1n) is 8.81. The molecule has 28 heavy (non-hydrogen) atoms. The minimum absolute atomic E-state index is 0.172. The number of fused-ring (bicyclic) bond motifs is 2. The normalized spacial score (nSPS) is 22.6. The summed E-state index contributed by atoms with van der Waals surface area (Å²) in [6.07, 6.45) is -1.00. The van der Waals surface area contributed by atoms with E-state index < -0.39 is 18.4 Å². The molecule has 0 saturated carbocycles. The monoisotopic (exact) mass is 405 g/mol. The Labute approximate surface area is 166 Å². The van der Waals surface area contributed by atoms with Crippen LogP contribution in [-0.4, -0.2) is 65.6 Å². The maximum Gasteiger partial charge on any atom is 0.323 e. The highest BCUT2D eigenvalue weighted by Crippen LogP contribution is 2.28. The van der Waals surface area contributed by atoms with Crippen molar-refractivity contribution in [1.82, 2.24) is 25.3 Å². The maximum atomic E-state index is 12.5. The third kappa shape index (κ3) is 2.91. The Morgan fingerprint density at radius 3 is 2.79 bits per heavy atom. The van der Waals surface area contributed by atoms with E-state index in [9.17, 15) is 14.4 Å². The molecular weight excluding hydrogens is 386 g/mol. The molecule has 0 aliphatic carbocycles. The second kappa shape index (κ2) is 6.59. The Morgan fingerprint density at radius 2 is 2.04 bits per heavy atom. The number of benzene rings is 1. The van der Waals surface area contributed by atoms with Gasteiger partial charge in [0.2, 0.25) is 5.91 Å². The number of urea groups is 2. The van der Waals surface area contributed by atoms with Gasteiger partial charge in [-0.2, -0.15) is 0 Å². The van der Waals surface area contributed by atoms with Crippen molar-refractivity contribution in [3.8, 4) is 0 Å². The number of amides is 5. The van der Waals surface area contributed by atoms with Crippen LogP contribution in [0.15, 0.2) is 28.7 Å². The Bertz CT molecular complexity index is 976. The lowest BCUT2D eigenvalue weighted by atomic mass is 10.2. The predicted molar refractivity (Wildman–Crippen MR) is 102 cm³/mol. The standard InChI is InChI=1S/C18H20ClN5O4/c1-9(13-7-10-6-11(19)4-5-12(10)28-13)20-14(25)8-24-16-15(21-17(24)26)22(2)18(27)23(16)3/h4-7,9,15-16H,8H2,1-3H3,(H,20,25)(H,21,26)/t9-,15-,16-/m0/s1. The van der Waals surface area contributed by atoms with E-state index in [2.05, 4.69) is 10.6 Å². The zero-order valence-electron chi connectivity index (χ0n) is 15.6. The summed E-state index contributed by atoms with van der Waals surface area (Å²) in [7, 11) is 3.22. The van der Waals surface area contributed by atoms with E-state index in [1.165, 1.54) is 14.7 Å². The molecule has 2 saturated heterocycles. The van der Waals surface area contributed by atoms with Crippen molar-refractivity contribution in [2.45, 2.75) is 25.3 Å². The van der Waals surface area contributed by atoms with Crippen molar-refractivity contribution in [2.75, 3.05) is 20.6 Å². The van der Waals surface area contributed by atoms with E-state index in [4.69, 9.17) is 16.0 Å². The predicted octanol–water partition coefficient (Wildman–Crippen LogP) is 1.94. The van der Waals surface area contributed by atoms with Crippen LogP contribution in [0.4, 0.5) is 9.59 Å². The van der Waals surface area contributed by atoms with Gasteiger partial charge in [0.25, 0.3) is 0 Å². The fourth-order valence-corrected chi connectivity index (χ4v) is 3.88. The first kappa shape index (κ1) is 18.4. The molecule has 2 aromatic rings. The van der Waals surface area contributed by atoms with Crippen LogP contribution >= 0.6 is 11.6 Å².